The average molecular weight is 327 g/mol. The van der Waals surface area contributed by atoms with Gasteiger partial charge in [0.05, 0.1) is 0 Å². The van der Waals surface area contributed by atoms with Crippen molar-refractivity contribution in [3.8, 4) is 0 Å². The molecule has 4 N–H and O–H groups in total. The molecule has 1 aliphatic rings. The number of likely N-dealkylation sites (N-methyl/N-ethyl adjacent to an activating group) is 1. The van der Waals surface area contributed by atoms with Crippen molar-refractivity contribution < 1.29 is 23.9 Å². The van der Waals surface area contributed by atoms with Crippen LogP contribution in [0.25, 0.3) is 0 Å². The molecule has 0 aromatic heterocycles. The third kappa shape index (κ3) is 4.75. The van der Waals surface area contributed by atoms with Crippen molar-refractivity contribution >= 4 is 23.5 Å². The van der Waals surface area contributed by atoms with Crippen molar-refractivity contribution in [2.75, 3.05) is 13.7 Å². The number of nitrogens with zero attached hydrogens (tertiary/aromatic N) is 1. The fraction of sp³-hybridized carbons (Fsp3) is 0.733. The summed E-state index contributed by atoms with van der Waals surface area (Å²) in [6.45, 7) is 3.44. The zero-order valence-corrected chi connectivity index (χ0v) is 13.8. The van der Waals surface area contributed by atoms with E-state index < -0.39 is 18.1 Å². The molecule has 0 saturated carbocycles. The molecule has 0 aromatic rings. The molecule has 1 fully saturated rings. The third-order valence-corrected chi connectivity index (χ3v) is 4.47. The number of hydrogen-bond donors (Lipinski definition) is 2. The second-order valence-electron chi connectivity index (χ2n) is 6.11. The van der Waals surface area contributed by atoms with Gasteiger partial charge in [-0.15, -0.1) is 0 Å². The van der Waals surface area contributed by atoms with E-state index in [0.29, 0.717) is 12.8 Å². The molecule has 8 nitrogen and oxygen atoms in total. The van der Waals surface area contributed by atoms with Crippen LogP contribution in [0.1, 0.15) is 33.1 Å². The molecule has 0 spiro atoms. The van der Waals surface area contributed by atoms with Gasteiger partial charge in [0.25, 0.3) is 0 Å². The Kier molecular flexibility index (Phi) is 6.68. The van der Waals surface area contributed by atoms with Crippen LogP contribution in [0, 0.1) is 11.8 Å². The lowest BCUT2D eigenvalue weighted by Crippen LogP contribution is -2.50. The van der Waals surface area contributed by atoms with Gasteiger partial charge in [-0.3, -0.25) is 19.2 Å². The van der Waals surface area contributed by atoms with Gasteiger partial charge in [-0.1, -0.05) is 13.8 Å². The number of hydrogen-bond acceptors (Lipinski definition) is 5. The van der Waals surface area contributed by atoms with Crippen LogP contribution in [0.3, 0.4) is 0 Å². The van der Waals surface area contributed by atoms with E-state index in [0.717, 1.165) is 0 Å². The number of rotatable bonds is 8. The van der Waals surface area contributed by atoms with Gasteiger partial charge in [0.15, 0.2) is 11.9 Å². The van der Waals surface area contributed by atoms with Gasteiger partial charge in [0, 0.05) is 19.4 Å². The number of primary amides is 2. The quantitative estimate of drug-likeness (QED) is 0.602. The van der Waals surface area contributed by atoms with Crippen LogP contribution >= 0.6 is 0 Å². The molecule has 3 unspecified atom stereocenters. The summed E-state index contributed by atoms with van der Waals surface area (Å²) in [5.41, 5.74) is 10.4. The molecule has 0 radical (unpaired) electrons. The lowest BCUT2D eigenvalue weighted by atomic mass is 9.90. The fourth-order valence-corrected chi connectivity index (χ4v) is 2.61. The highest BCUT2D eigenvalue weighted by Crippen LogP contribution is 2.20. The van der Waals surface area contributed by atoms with E-state index in [2.05, 4.69) is 0 Å². The molecule has 3 amide bonds. The fourth-order valence-electron chi connectivity index (χ4n) is 2.61. The smallest absolute Gasteiger partial charge is 0.249 e. The van der Waals surface area contributed by atoms with E-state index >= 15 is 0 Å². The van der Waals surface area contributed by atoms with Crippen LogP contribution in [0.5, 0.6) is 0 Å². The van der Waals surface area contributed by atoms with Gasteiger partial charge in [0.1, 0.15) is 12.6 Å². The van der Waals surface area contributed by atoms with Crippen LogP contribution in [-0.2, 0) is 23.9 Å². The number of carbonyl (C=O) groups excluding carboxylic acids is 4. The van der Waals surface area contributed by atoms with Crippen molar-refractivity contribution in [1.82, 2.24) is 4.90 Å². The second kappa shape index (κ2) is 8.05. The maximum Gasteiger partial charge on any atom is 0.249 e. The Balaban J connectivity index is 2.52. The Hall–Kier alpha value is -1.96. The van der Waals surface area contributed by atoms with E-state index in [1.54, 1.807) is 6.92 Å². The highest BCUT2D eigenvalue weighted by atomic mass is 16.5. The molecule has 1 rings (SSSR count). The van der Waals surface area contributed by atoms with Crippen molar-refractivity contribution in [3.63, 3.8) is 0 Å². The summed E-state index contributed by atoms with van der Waals surface area (Å²) in [5, 5.41) is 0. The van der Waals surface area contributed by atoms with E-state index in [4.69, 9.17) is 16.2 Å². The minimum absolute atomic E-state index is 0.0698. The van der Waals surface area contributed by atoms with Crippen LogP contribution in [-0.4, -0.2) is 54.2 Å². The maximum atomic E-state index is 12.2. The first-order valence-electron chi connectivity index (χ1n) is 7.65. The Labute approximate surface area is 135 Å². The normalized spacial score (nSPS) is 23.3. The lowest BCUT2D eigenvalue weighted by Gasteiger charge is -2.26. The molecule has 1 aliphatic heterocycles. The molecule has 1 saturated heterocycles. The molecule has 4 atom stereocenters. The van der Waals surface area contributed by atoms with Gasteiger partial charge >= 0.3 is 0 Å². The van der Waals surface area contributed by atoms with Gasteiger partial charge in [-0.25, -0.2) is 0 Å². The minimum atomic E-state index is -1.09. The predicted molar refractivity (Wildman–Crippen MR) is 81.9 cm³/mol. The monoisotopic (exact) mass is 327 g/mol. The van der Waals surface area contributed by atoms with Crippen LogP contribution in [0.2, 0.25) is 0 Å². The minimum Gasteiger partial charge on any atom is -0.369 e. The first-order chi connectivity index (χ1) is 10.7. The summed E-state index contributed by atoms with van der Waals surface area (Å²) in [6.07, 6.45) is 0.343. The van der Waals surface area contributed by atoms with E-state index in [9.17, 15) is 19.2 Å². The SMILES string of the molecule is CC(CCCC(=O)N(C)C1C(=O)CO[C@@H]1C(N)=O)C(C)C(N)=O. The second-order valence-corrected chi connectivity index (χ2v) is 6.11. The number of carbonyl (C=O) groups is 4. The highest BCUT2D eigenvalue weighted by molar-refractivity contribution is 5.98. The largest absolute Gasteiger partial charge is 0.369 e. The summed E-state index contributed by atoms with van der Waals surface area (Å²) in [6, 6.07) is -0.957. The lowest BCUT2D eigenvalue weighted by molar-refractivity contribution is -0.139. The van der Waals surface area contributed by atoms with Crippen molar-refractivity contribution in [2.45, 2.75) is 45.3 Å². The first-order valence-corrected chi connectivity index (χ1v) is 7.65. The predicted octanol–water partition coefficient (Wildman–Crippen LogP) is -0.806. The number of amides is 3. The number of Topliss-reactive ketones (excluding diaryl/α,β-unsaturated/α-hetero) is 1. The van der Waals surface area contributed by atoms with E-state index in [1.165, 1.54) is 11.9 Å². The van der Waals surface area contributed by atoms with E-state index in [-0.39, 0.29) is 42.5 Å². The van der Waals surface area contributed by atoms with Crippen molar-refractivity contribution in [2.24, 2.45) is 23.3 Å². The zero-order chi connectivity index (χ0) is 17.7. The Morgan fingerprint density at radius 2 is 1.91 bits per heavy atom. The van der Waals surface area contributed by atoms with Crippen molar-refractivity contribution in [1.29, 1.82) is 0 Å². The molecular weight excluding hydrogens is 302 g/mol. The number of nitrogens with two attached hydrogens (primary N) is 2. The summed E-state index contributed by atoms with van der Waals surface area (Å²) in [5.74, 6) is -1.91. The molecular formula is C15H25N3O5. The van der Waals surface area contributed by atoms with Crippen molar-refractivity contribution in [3.05, 3.63) is 0 Å². The maximum absolute atomic E-state index is 12.2. The van der Waals surface area contributed by atoms with Gasteiger partial charge in [-0.05, 0) is 18.8 Å². The first kappa shape index (κ1) is 19.1. The summed E-state index contributed by atoms with van der Waals surface area (Å²) < 4.78 is 5.04. The van der Waals surface area contributed by atoms with Gasteiger partial charge in [0.2, 0.25) is 17.7 Å². The van der Waals surface area contributed by atoms with Gasteiger partial charge in [-0.2, -0.15) is 0 Å². The molecule has 1 heterocycles. The van der Waals surface area contributed by atoms with E-state index in [1.807, 2.05) is 6.92 Å². The number of ether oxygens (including phenoxy) is 1. The molecule has 130 valence electrons. The van der Waals surface area contributed by atoms with Crippen LogP contribution < -0.4 is 11.5 Å². The molecule has 23 heavy (non-hydrogen) atoms. The molecule has 0 aromatic carbocycles. The number of ketones is 1. The Morgan fingerprint density at radius 3 is 2.43 bits per heavy atom. The highest BCUT2D eigenvalue weighted by Gasteiger charge is 2.43. The molecule has 0 aliphatic carbocycles. The standard InChI is InChI=1S/C15H25N3O5/c1-8(9(2)14(16)21)5-4-6-11(20)18(3)12-10(19)7-23-13(12)15(17)22/h8-9,12-13H,4-7H2,1-3H3,(H2,16,21)(H2,17,22)/t8?,9?,12?,13-/m0/s1. The summed E-state index contributed by atoms with van der Waals surface area (Å²) in [7, 11) is 1.46. The molecule has 0 bridgehead atoms. The van der Waals surface area contributed by atoms with Crippen LogP contribution in [0.4, 0.5) is 0 Å². The summed E-state index contributed by atoms with van der Waals surface area (Å²) >= 11 is 0. The summed E-state index contributed by atoms with van der Waals surface area (Å²) in [4.78, 5) is 47.6. The Morgan fingerprint density at radius 1 is 1.30 bits per heavy atom. The topological polar surface area (TPSA) is 133 Å². The molecule has 8 heteroatoms. The Bertz CT molecular complexity index is 494. The zero-order valence-electron chi connectivity index (χ0n) is 13.8. The average Bonchev–Trinajstić information content (AvgIpc) is 2.87. The van der Waals surface area contributed by atoms with Crippen LogP contribution in [0.15, 0.2) is 0 Å². The third-order valence-electron chi connectivity index (χ3n) is 4.47. The van der Waals surface area contributed by atoms with Gasteiger partial charge < -0.3 is 21.1 Å².